The first-order valence-corrected chi connectivity index (χ1v) is 7.56. The molecule has 5 N–H and O–H groups in total. The molecule has 0 saturated carbocycles. The first-order valence-electron chi connectivity index (χ1n) is 7.18. The lowest BCUT2D eigenvalue weighted by Gasteiger charge is -2.21. The lowest BCUT2D eigenvalue weighted by Crippen LogP contribution is -2.16. The van der Waals surface area contributed by atoms with E-state index in [-0.39, 0.29) is 5.56 Å². The Morgan fingerprint density at radius 1 is 1.29 bits per heavy atom. The van der Waals surface area contributed by atoms with Crippen LogP contribution in [0, 0.1) is 0 Å². The lowest BCUT2D eigenvalue weighted by molar-refractivity contribution is 0.0997. The standard InChI is InChI=1S/C17H16ClN3O3/c1-23-16-8-14-10(7-11(16)17(20)22)15(4-5-21-14)24-9-2-3-13(19)12(18)6-9/h2-4,6-8,21H,5,19H2,1H3,(H2,20,22). The number of ether oxygens (including phenoxy) is 2. The van der Waals surface area contributed by atoms with Gasteiger partial charge in [-0.1, -0.05) is 11.6 Å². The number of nitrogens with one attached hydrogen (secondary N) is 1. The number of methoxy groups -OCH3 is 1. The minimum Gasteiger partial charge on any atom is -0.496 e. The molecule has 3 rings (SSSR count). The number of rotatable bonds is 4. The molecular formula is C17H16ClN3O3. The highest BCUT2D eigenvalue weighted by Gasteiger charge is 2.20. The normalized spacial score (nSPS) is 12.7. The highest BCUT2D eigenvalue weighted by molar-refractivity contribution is 6.33. The molecule has 0 aliphatic carbocycles. The molecule has 1 heterocycles. The highest BCUT2D eigenvalue weighted by Crippen LogP contribution is 2.36. The molecule has 124 valence electrons. The smallest absolute Gasteiger partial charge is 0.252 e. The first-order chi connectivity index (χ1) is 11.5. The molecule has 1 aliphatic rings. The Kier molecular flexibility index (Phi) is 4.22. The Balaban J connectivity index is 2.00. The highest BCUT2D eigenvalue weighted by atomic mass is 35.5. The van der Waals surface area contributed by atoms with Crippen LogP contribution in [0.5, 0.6) is 11.5 Å². The zero-order valence-corrected chi connectivity index (χ0v) is 13.7. The summed E-state index contributed by atoms with van der Waals surface area (Å²) in [6.45, 7) is 0.574. The second-order valence-corrected chi connectivity index (χ2v) is 5.60. The molecule has 0 atom stereocenters. The number of carbonyl (C=O) groups is 1. The van der Waals surface area contributed by atoms with E-state index in [1.54, 1.807) is 30.3 Å². The topological polar surface area (TPSA) is 99.6 Å². The van der Waals surface area contributed by atoms with E-state index in [9.17, 15) is 4.79 Å². The molecule has 0 spiro atoms. The summed E-state index contributed by atoms with van der Waals surface area (Å²) in [5.74, 6) is 0.972. The lowest BCUT2D eigenvalue weighted by atomic mass is 10.0. The second-order valence-electron chi connectivity index (χ2n) is 5.20. The average Bonchev–Trinajstić information content (AvgIpc) is 2.57. The molecule has 1 amide bonds. The van der Waals surface area contributed by atoms with E-state index in [0.717, 1.165) is 5.69 Å². The summed E-state index contributed by atoms with van der Waals surface area (Å²) in [5, 5.41) is 3.62. The predicted octanol–water partition coefficient (Wildman–Crippen LogP) is 2.88. The number of halogens is 1. The number of amides is 1. The molecule has 0 aromatic heterocycles. The maximum Gasteiger partial charge on any atom is 0.252 e. The van der Waals surface area contributed by atoms with Crippen molar-refractivity contribution < 1.29 is 14.3 Å². The number of carbonyl (C=O) groups excluding carboxylic acids is 1. The number of nitrogens with two attached hydrogens (primary N) is 2. The molecule has 6 nitrogen and oxygen atoms in total. The number of nitrogen functional groups attached to an aromatic ring is 1. The van der Waals surface area contributed by atoms with Crippen molar-refractivity contribution >= 4 is 34.6 Å². The van der Waals surface area contributed by atoms with E-state index in [4.69, 9.17) is 32.5 Å². The largest absolute Gasteiger partial charge is 0.496 e. The molecule has 0 bridgehead atoms. The van der Waals surface area contributed by atoms with Crippen LogP contribution in [0.2, 0.25) is 5.02 Å². The van der Waals surface area contributed by atoms with Crippen LogP contribution < -0.4 is 26.3 Å². The summed E-state index contributed by atoms with van der Waals surface area (Å²) in [5.41, 5.74) is 13.4. The van der Waals surface area contributed by atoms with Crippen LogP contribution in [-0.2, 0) is 0 Å². The van der Waals surface area contributed by atoms with E-state index in [2.05, 4.69) is 5.32 Å². The Morgan fingerprint density at radius 2 is 2.08 bits per heavy atom. The maximum atomic E-state index is 11.6. The third-order valence-corrected chi connectivity index (χ3v) is 3.98. The second kappa shape index (κ2) is 6.33. The van der Waals surface area contributed by atoms with Gasteiger partial charge in [-0.05, 0) is 24.3 Å². The van der Waals surface area contributed by atoms with Crippen molar-refractivity contribution in [3.63, 3.8) is 0 Å². The number of benzene rings is 2. The van der Waals surface area contributed by atoms with Crippen LogP contribution >= 0.6 is 11.6 Å². The number of anilines is 2. The molecule has 0 saturated heterocycles. The molecule has 1 aliphatic heterocycles. The van der Waals surface area contributed by atoms with Gasteiger partial charge in [0.1, 0.15) is 17.3 Å². The fourth-order valence-corrected chi connectivity index (χ4v) is 2.62. The Hall–Kier alpha value is -2.86. The molecule has 0 radical (unpaired) electrons. The summed E-state index contributed by atoms with van der Waals surface area (Å²) in [6, 6.07) is 8.40. The fraction of sp³-hybridized carbons (Fsp3) is 0.118. The van der Waals surface area contributed by atoms with E-state index >= 15 is 0 Å². The minimum absolute atomic E-state index is 0.282. The van der Waals surface area contributed by atoms with Gasteiger partial charge in [0.05, 0.1) is 23.4 Å². The molecule has 2 aromatic rings. The van der Waals surface area contributed by atoms with Crippen molar-refractivity contribution in [2.75, 3.05) is 24.7 Å². The molecule has 24 heavy (non-hydrogen) atoms. The van der Waals surface area contributed by atoms with Gasteiger partial charge in [-0.25, -0.2) is 0 Å². The van der Waals surface area contributed by atoms with E-state index in [0.29, 0.717) is 40.1 Å². The number of hydrogen-bond acceptors (Lipinski definition) is 5. The predicted molar refractivity (Wildman–Crippen MR) is 94.5 cm³/mol. The molecule has 7 heteroatoms. The Bertz CT molecular complexity index is 849. The zero-order chi connectivity index (χ0) is 17.3. The quantitative estimate of drug-likeness (QED) is 0.740. The van der Waals surface area contributed by atoms with Gasteiger partial charge in [0, 0.05) is 29.9 Å². The monoisotopic (exact) mass is 345 g/mol. The van der Waals surface area contributed by atoms with Crippen LogP contribution in [0.25, 0.3) is 5.76 Å². The Labute approximate surface area is 144 Å². The van der Waals surface area contributed by atoms with Crippen molar-refractivity contribution in [1.29, 1.82) is 0 Å². The SMILES string of the molecule is COc1cc2c(cc1C(N)=O)C(Oc1ccc(N)c(Cl)c1)=CCN2. The third-order valence-electron chi connectivity index (χ3n) is 3.65. The summed E-state index contributed by atoms with van der Waals surface area (Å²) in [7, 11) is 1.49. The minimum atomic E-state index is -0.574. The summed E-state index contributed by atoms with van der Waals surface area (Å²) < 4.78 is 11.1. The van der Waals surface area contributed by atoms with Gasteiger partial charge < -0.3 is 26.3 Å². The van der Waals surface area contributed by atoms with Crippen molar-refractivity contribution in [1.82, 2.24) is 0 Å². The van der Waals surface area contributed by atoms with Gasteiger partial charge in [0.15, 0.2) is 0 Å². The number of fused-ring (bicyclic) bond motifs is 1. The third kappa shape index (κ3) is 2.96. The van der Waals surface area contributed by atoms with Crippen molar-refractivity contribution in [2.45, 2.75) is 0 Å². The summed E-state index contributed by atoms with van der Waals surface area (Å²) >= 11 is 6.02. The van der Waals surface area contributed by atoms with Gasteiger partial charge in [-0.2, -0.15) is 0 Å². The van der Waals surface area contributed by atoms with Gasteiger partial charge in [0.2, 0.25) is 0 Å². The molecule has 0 unspecified atom stereocenters. The maximum absolute atomic E-state index is 11.6. The summed E-state index contributed by atoms with van der Waals surface area (Å²) in [4.78, 5) is 11.6. The van der Waals surface area contributed by atoms with Gasteiger partial charge in [-0.15, -0.1) is 0 Å². The van der Waals surface area contributed by atoms with Crippen molar-refractivity contribution in [3.8, 4) is 11.5 Å². The van der Waals surface area contributed by atoms with Crippen LogP contribution in [-0.4, -0.2) is 19.6 Å². The van der Waals surface area contributed by atoms with Crippen LogP contribution in [0.3, 0.4) is 0 Å². The molecule has 0 fully saturated rings. The average molecular weight is 346 g/mol. The van der Waals surface area contributed by atoms with Crippen molar-refractivity contribution in [2.24, 2.45) is 5.73 Å². The molecular weight excluding hydrogens is 330 g/mol. The van der Waals surface area contributed by atoms with Crippen LogP contribution in [0.15, 0.2) is 36.4 Å². The van der Waals surface area contributed by atoms with Crippen molar-refractivity contribution in [3.05, 3.63) is 52.6 Å². The zero-order valence-electron chi connectivity index (χ0n) is 12.9. The number of primary amides is 1. The van der Waals surface area contributed by atoms with Crippen LogP contribution in [0.4, 0.5) is 11.4 Å². The fourth-order valence-electron chi connectivity index (χ4n) is 2.45. The van der Waals surface area contributed by atoms with E-state index in [1.165, 1.54) is 7.11 Å². The van der Waals surface area contributed by atoms with Crippen LogP contribution in [0.1, 0.15) is 15.9 Å². The van der Waals surface area contributed by atoms with Gasteiger partial charge in [-0.3, -0.25) is 4.79 Å². The number of hydrogen-bond donors (Lipinski definition) is 3. The summed E-state index contributed by atoms with van der Waals surface area (Å²) in [6.07, 6.45) is 1.86. The Morgan fingerprint density at radius 3 is 2.75 bits per heavy atom. The molecule has 2 aromatic carbocycles. The van der Waals surface area contributed by atoms with Gasteiger partial charge >= 0.3 is 0 Å². The van der Waals surface area contributed by atoms with E-state index < -0.39 is 5.91 Å². The van der Waals surface area contributed by atoms with Gasteiger partial charge in [0.25, 0.3) is 5.91 Å². The van der Waals surface area contributed by atoms with E-state index in [1.807, 2.05) is 6.08 Å². The first kappa shape index (κ1) is 16.0.